The summed E-state index contributed by atoms with van der Waals surface area (Å²) in [5.41, 5.74) is 1.36. The molecule has 0 amide bonds. The molecular weight excluding hydrogens is 399 g/mol. The maximum Gasteiger partial charge on any atom is 0.191 e. The van der Waals surface area contributed by atoms with Gasteiger partial charge in [0, 0.05) is 37.4 Å². The van der Waals surface area contributed by atoms with Gasteiger partial charge < -0.3 is 15.5 Å². The largest absolute Gasteiger partial charge is 0.371 e. The van der Waals surface area contributed by atoms with Crippen LogP contribution in [0, 0.1) is 5.92 Å². The first-order valence-corrected chi connectivity index (χ1v) is 8.34. The molecule has 1 saturated heterocycles. The molecule has 4 nitrogen and oxygen atoms in total. The van der Waals surface area contributed by atoms with E-state index in [9.17, 15) is 0 Å². The molecule has 1 fully saturated rings. The average molecular weight is 430 g/mol. The molecular formula is C18H31IN4. The molecule has 0 bridgehead atoms. The smallest absolute Gasteiger partial charge is 0.191 e. The molecule has 5 heteroatoms. The Morgan fingerprint density at radius 3 is 2.57 bits per heavy atom. The topological polar surface area (TPSA) is 39.7 Å². The van der Waals surface area contributed by atoms with Gasteiger partial charge in [-0.25, -0.2) is 0 Å². The number of aliphatic imine (C=N–C) groups is 1. The van der Waals surface area contributed by atoms with Crippen molar-refractivity contribution >= 4 is 35.6 Å². The van der Waals surface area contributed by atoms with E-state index >= 15 is 0 Å². The number of hydrogen-bond acceptors (Lipinski definition) is 2. The van der Waals surface area contributed by atoms with Crippen LogP contribution in [-0.2, 0) is 0 Å². The molecule has 1 aromatic rings. The molecule has 0 spiro atoms. The summed E-state index contributed by atoms with van der Waals surface area (Å²) in [6, 6.07) is 10.7. The average Bonchev–Trinajstić information content (AvgIpc) is 2.93. The summed E-state index contributed by atoms with van der Waals surface area (Å²) in [7, 11) is 0. The van der Waals surface area contributed by atoms with E-state index in [1.54, 1.807) is 0 Å². The Labute approximate surface area is 158 Å². The number of nitrogens with one attached hydrogen (secondary N) is 2. The third-order valence-electron chi connectivity index (χ3n) is 3.75. The van der Waals surface area contributed by atoms with Crippen molar-refractivity contribution in [2.24, 2.45) is 10.9 Å². The van der Waals surface area contributed by atoms with Crippen LogP contribution in [0.2, 0.25) is 0 Å². The Balaban J connectivity index is 0.00000264. The molecule has 1 unspecified atom stereocenters. The molecule has 130 valence electrons. The molecule has 1 aliphatic heterocycles. The van der Waals surface area contributed by atoms with Crippen LogP contribution in [0.25, 0.3) is 0 Å². The number of guanidine groups is 1. The number of rotatable bonds is 4. The lowest BCUT2D eigenvalue weighted by molar-refractivity contribution is 0.498. The molecule has 0 saturated carbocycles. The fourth-order valence-electron chi connectivity index (χ4n) is 2.74. The Bertz CT molecular complexity index is 482. The van der Waals surface area contributed by atoms with E-state index in [-0.39, 0.29) is 29.5 Å². The third kappa shape index (κ3) is 6.97. The first-order chi connectivity index (χ1) is 10.5. The number of benzene rings is 1. The second-order valence-electron chi connectivity index (χ2n) is 7.03. The highest BCUT2D eigenvalue weighted by molar-refractivity contribution is 14.0. The SMILES string of the molecule is CCNC(=NCC1CCN(c2ccccc2)C1)NC(C)(C)C.I. The molecule has 0 aromatic heterocycles. The molecule has 2 rings (SSSR count). The van der Waals surface area contributed by atoms with E-state index < -0.39 is 0 Å². The molecule has 0 radical (unpaired) electrons. The molecule has 1 atom stereocenters. The molecule has 1 aliphatic rings. The second kappa shape index (κ2) is 9.35. The van der Waals surface area contributed by atoms with Gasteiger partial charge in [0.05, 0.1) is 0 Å². The number of hydrogen-bond donors (Lipinski definition) is 2. The van der Waals surface area contributed by atoms with Gasteiger partial charge in [0.25, 0.3) is 0 Å². The van der Waals surface area contributed by atoms with Gasteiger partial charge in [-0.05, 0) is 52.2 Å². The predicted molar refractivity (Wildman–Crippen MR) is 111 cm³/mol. The van der Waals surface area contributed by atoms with Crippen LogP contribution in [0.1, 0.15) is 34.1 Å². The van der Waals surface area contributed by atoms with Crippen molar-refractivity contribution in [2.45, 2.75) is 39.7 Å². The summed E-state index contributed by atoms with van der Waals surface area (Å²) >= 11 is 0. The quantitative estimate of drug-likeness (QED) is 0.437. The van der Waals surface area contributed by atoms with Crippen molar-refractivity contribution in [1.29, 1.82) is 0 Å². The minimum atomic E-state index is 0. The fraction of sp³-hybridized carbons (Fsp3) is 0.611. The van der Waals surface area contributed by atoms with Crippen LogP contribution in [0.15, 0.2) is 35.3 Å². The van der Waals surface area contributed by atoms with Crippen molar-refractivity contribution in [3.05, 3.63) is 30.3 Å². The van der Waals surface area contributed by atoms with E-state index in [4.69, 9.17) is 4.99 Å². The van der Waals surface area contributed by atoms with Crippen LogP contribution in [0.4, 0.5) is 5.69 Å². The van der Waals surface area contributed by atoms with Crippen molar-refractivity contribution < 1.29 is 0 Å². The zero-order chi connectivity index (χ0) is 16.0. The summed E-state index contributed by atoms with van der Waals surface area (Å²) < 4.78 is 0. The fourth-order valence-corrected chi connectivity index (χ4v) is 2.74. The highest BCUT2D eigenvalue weighted by Crippen LogP contribution is 2.23. The van der Waals surface area contributed by atoms with Crippen LogP contribution in [0.5, 0.6) is 0 Å². The lowest BCUT2D eigenvalue weighted by Gasteiger charge is -2.24. The van der Waals surface area contributed by atoms with Gasteiger partial charge in [0.15, 0.2) is 5.96 Å². The monoisotopic (exact) mass is 430 g/mol. The summed E-state index contributed by atoms with van der Waals surface area (Å²) in [5, 5.41) is 6.78. The number of halogens is 1. The van der Waals surface area contributed by atoms with Gasteiger partial charge in [-0.1, -0.05) is 18.2 Å². The van der Waals surface area contributed by atoms with E-state index in [2.05, 4.69) is 73.6 Å². The summed E-state index contributed by atoms with van der Waals surface area (Å²) in [6.45, 7) is 12.6. The van der Waals surface area contributed by atoms with Crippen LogP contribution < -0.4 is 15.5 Å². The summed E-state index contributed by atoms with van der Waals surface area (Å²) in [6.07, 6.45) is 1.22. The second-order valence-corrected chi connectivity index (χ2v) is 7.03. The maximum absolute atomic E-state index is 4.78. The molecule has 0 aliphatic carbocycles. The highest BCUT2D eigenvalue weighted by Gasteiger charge is 2.22. The predicted octanol–water partition coefficient (Wildman–Crippen LogP) is 3.48. The van der Waals surface area contributed by atoms with E-state index in [0.29, 0.717) is 5.92 Å². The molecule has 1 heterocycles. The van der Waals surface area contributed by atoms with Crippen molar-refractivity contribution in [3.63, 3.8) is 0 Å². The Morgan fingerprint density at radius 1 is 1.26 bits per heavy atom. The first kappa shape index (κ1) is 20.1. The van der Waals surface area contributed by atoms with Crippen molar-refractivity contribution in [3.8, 4) is 0 Å². The van der Waals surface area contributed by atoms with Crippen molar-refractivity contribution in [1.82, 2.24) is 10.6 Å². The lowest BCUT2D eigenvalue weighted by atomic mass is 10.1. The normalized spacial score (nSPS) is 18.5. The van der Waals surface area contributed by atoms with E-state index in [0.717, 1.165) is 32.1 Å². The summed E-state index contributed by atoms with van der Waals surface area (Å²) in [5.74, 6) is 1.56. The third-order valence-corrected chi connectivity index (χ3v) is 3.75. The Hall–Kier alpha value is -0.980. The minimum Gasteiger partial charge on any atom is -0.371 e. The van der Waals surface area contributed by atoms with Gasteiger partial charge in [0.2, 0.25) is 0 Å². The van der Waals surface area contributed by atoms with Crippen LogP contribution in [-0.4, -0.2) is 37.7 Å². The standard InChI is InChI=1S/C18H30N4.HI/c1-5-19-17(21-18(2,3)4)20-13-15-11-12-22(14-15)16-9-7-6-8-10-16;/h6-10,15H,5,11-14H2,1-4H3,(H2,19,20,21);1H. The first-order valence-electron chi connectivity index (χ1n) is 8.34. The number of nitrogens with zero attached hydrogens (tertiary/aromatic N) is 2. The van der Waals surface area contributed by atoms with Gasteiger partial charge in [-0.15, -0.1) is 24.0 Å². The Morgan fingerprint density at radius 2 is 1.96 bits per heavy atom. The van der Waals surface area contributed by atoms with Gasteiger partial charge >= 0.3 is 0 Å². The maximum atomic E-state index is 4.78. The van der Waals surface area contributed by atoms with Gasteiger partial charge in [-0.3, -0.25) is 4.99 Å². The van der Waals surface area contributed by atoms with Crippen LogP contribution in [0.3, 0.4) is 0 Å². The molecule has 1 aromatic carbocycles. The van der Waals surface area contributed by atoms with Gasteiger partial charge in [0.1, 0.15) is 0 Å². The lowest BCUT2D eigenvalue weighted by Crippen LogP contribution is -2.47. The minimum absolute atomic E-state index is 0. The van der Waals surface area contributed by atoms with E-state index in [1.165, 1.54) is 12.1 Å². The molecule has 23 heavy (non-hydrogen) atoms. The van der Waals surface area contributed by atoms with Gasteiger partial charge in [-0.2, -0.15) is 0 Å². The molecule has 2 N–H and O–H groups in total. The van der Waals surface area contributed by atoms with E-state index in [1.807, 2.05) is 0 Å². The zero-order valence-electron chi connectivity index (χ0n) is 14.8. The number of anilines is 1. The Kier molecular flexibility index (Phi) is 8.16. The van der Waals surface area contributed by atoms with Crippen LogP contribution >= 0.6 is 24.0 Å². The zero-order valence-corrected chi connectivity index (χ0v) is 17.1. The number of para-hydroxylation sites is 1. The highest BCUT2D eigenvalue weighted by atomic mass is 127. The summed E-state index contributed by atoms with van der Waals surface area (Å²) in [4.78, 5) is 7.24. The van der Waals surface area contributed by atoms with Crippen molar-refractivity contribution in [2.75, 3.05) is 31.1 Å².